The number of nitro groups is 1. The number of nitrogens with zero attached hydrogens (tertiary/aromatic N) is 2. The molecule has 0 fully saturated rings. The summed E-state index contributed by atoms with van der Waals surface area (Å²) >= 11 is 0. The molecule has 21 heavy (non-hydrogen) atoms. The molecule has 0 spiro atoms. The van der Waals surface area contributed by atoms with Crippen LogP contribution in [-0.2, 0) is 9.59 Å². The van der Waals surface area contributed by atoms with Crippen molar-refractivity contribution in [3.63, 3.8) is 0 Å². The van der Waals surface area contributed by atoms with Crippen molar-refractivity contribution in [3.8, 4) is 0 Å². The van der Waals surface area contributed by atoms with E-state index in [1.54, 1.807) is 6.92 Å². The Morgan fingerprint density at radius 3 is 2.52 bits per heavy atom. The SMILES string of the molecule is CCC(=CC(N=O)C(=O)NCCCC(=O)O)C(C)[N+](=O)[O-]. The van der Waals surface area contributed by atoms with Gasteiger partial charge in [0.15, 0.2) is 6.04 Å². The molecule has 0 aliphatic rings. The van der Waals surface area contributed by atoms with E-state index in [4.69, 9.17) is 5.11 Å². The molecule has 0 bridgehead atoms. The molecule has 0 saturated carbocycles. The zero-order chi connectivity index (χ0) is 16.4. The minimum atomic E-state index is -1.35. The van der Waals surface area contributed by atoms with E-state index in [0.29, 0.717) is 12.0 Å². The van der Waals surface area contributed by atoms with Crippen LogP contribution in [0, 0.1) is 15.0 Å². The quantitative estimate of drug-likeness (QED) is 0.204. The van der Waals surface area contributed by atoms with Crippen LogP contribution in [0.1, 0.15) is 33.1 Å². The van der Waals surface area contributed by atoms with E-state index in [0.717, 1.165) is 0 Å². The molecule has 2 N–H and O–H groups in total. The summed E-state index contributed by atoms with van der Waals surface area (Å²) in [6.45, 7) is 3.14. The first kappa shape index (κ1) is 18.7. The van der Waals surface area contributed by atoms with E-state index in [2.05, 4.69) is 10.5 Å². The van der Waals surface area contributed by atoms with Crippen LogP contribution in [-0.4, -0.2) is 40.5 Å². The lowest BCUT2D eigenvalue weighted by molar-refractivity contribution is -0.508. The molecule has 0 radical (unpaired) electrons. The molecule has 0 heterocycles. The third kappa shape index (κ3) is 7.14. The van der Waals surface area contributed by atoms with E-state index in [-0.39, 0.29) is 19.4 Å². The first-order valence-corrected chi connectivity index (χ1v) is 6.49. The van der Waals surface area contributed by atoms with Gasteiger partial charge in [0, 0.05) is 30.4 Å². The van der Waals surface area contributed by atoms with Gasteiger partial charge in [0.25, 0.3) is 5.91 Å². The summed E-state index contributed by atoms with van der Waals surface area (Å²) in [5.74, 6) is -1.68. The maximum Gasteiger partial charge on any atom is 0.303 e. The smallest absolute Gasteiger partial charge is 0.303 e. The molecule has 1 amide bonds. The first-order chi connectivity index (χ1) is 9.83. The average molecular weight is 301 g/mol. The molecule has 2 unspecified atom stereocenters. The highest BCUT2D eigenvalue weighted by atomic mass is 16.6. The van der Waals surface area contributed by atoms with Gasteiger partial charge in [-0.25, -0.2) is 0 Å². The molecule has 0 aromatic rings. The summed E-state index contributed by atoms with van der Waals surface area (Å²) in [6.07, 6.45) is 1.63. The monoisotopic (exact) mass is 301 g/mol. The number of rotatable bonds is 10. The van der Waals surface area contributed by atoms with Crippen molar-refractivity contribution in [2.45, 2.75) is 45.2 Å². The summed E-state index contributed by atoms with van der Waals surface area (Å²) in [5, 5.41) is 24.2. The Morgan fingerprint density at radius 2 is 2.10 bits per heavy atom. The fraction of sp³-hybridized carbons (Fsp3) is 0.667. The zero-order valence-corrected chi connectivity index (χ0v) is 11.9. The average Bonchev–Trinajstić information content (AvgIpc) is 2.43. The van der Waals surface area contributed by atoms with Gasteiger partial charge >= 0.3 is 5.97 Å². The van der Waals surface area contributed by atoms with Gasteiger partial charge in [-0.15, -0.1) is 4.91 Å². The van der Waals surface area contributed by atoms with Crippen LogP contribution in [0.3, 0.4) is 0 Å². The van der Waals surface area contributed by atoms with Crippen LogP contribution in [0.25, 0.3) is 0 Å². The Bertz CT molecular complexity index is 435. The van der Waals surface area contributed by atoms with Crippen molar-refractivity contribution >= 4 is 11.9 Å². The van der Waals surface area contributed by atoms with Gasteiger partial charge in [0.2, 0.25) is 6.04 Å². The summed E-state index contributed by atoms with van der Waals surface area (Å²) < 4.78 is 0. The Kier molecular flexibility index (Phi) is 8.51. The van der Waals surface area contributed by atoms with Gasteiger partial charge in [-0.05, 0) is 18.9 Å². The molecule has 0 rings (SSSR count). The lowest BCUT2D eigenvalue weighted by Crippen LogP contribution is -2.34. The number of carboxylic acid groups (broad SMARTS) is 1. The van der Waals surface area contributed by atoms with Gasteiger partial charge < -0.3 is 10.4 Å². The molecule has 9 nitrogen and oxygen atoms in total. The fourth-order valence-corrected chi connectivity index (χ4v) is 1.60. The van der Waals surface area contributed by atoms with Crippen LogP contribution in [0.4, 0.5) is 0 Å². The molecular weight excluding hydrogens is 282 g/mol. The number of hydrogen-bond acceptors (Lipinski definition) is 6. The number of nitrogens with one attached hydrogen (secondary N) is 1. The summed E-state index contributed by atoms with van der Waals surface area (Å²) in [4.78, 5) is 42.9. The third-order valence-electron chi connectivity index (χ3n) is 2.88. The third-order valence-corrected chi connectivity index (χ3v) is 2.88. The van der Waals surface area contributed by atoms with Crippen molar-refractivity contribution in [2.75, 3.05) is 6.54 Å². The van der Waals surface area contributed by atoms with Crippen molar-refractivity contribution in [3.05, 3.63) is 26.7 Å². The number of hydrogen-bond donors (Lipinski definition) is 2. The van der Waals surface area contributed by atoms with Crippen molar-refractivity contribution in [2.24, 2.45) is 5.18 Å². The maximum atomic E-state index is 11.7. The lowest BCUT2D eigenvalue weighted by Gasteiger charge is -2.10. The van der Waals surface area contributed by atoms with Crippen LogP contribution < -0.4 is 5.32 Å². The number of aliphatic carboxylic acids is 1. The van der Waals surface area contributed by atoms with Crippen LogP contribution >= 0.6 is 0 Å². The molecule has 0 aliphatic carbocycles. The number of carboxylic acids is 1. The van der Waals surface area contributed by atoms with Crippen LogP contribution in [0.15, 0.2) is 16.8 Å². The largest absolute Gasteiger partial charge is 0.481 e. The highest BCUT2D eigenvalue weighted by Crippen LogP contribution is 2.12. The van der Waals surface area contributed by atoms with Gasteiger partial charge in [0.1, 0.15) is 0 Å². The Morgan fingerprint density at radius 1 is 1.48 bits per heavy atom. The molecule has 0 aliphatic heterocycles. The first-order valence-electron chi connectivity index (χ1n) is 6.49. The van der Waals surface area contributed by atoms with Crippen molar-refractivity contribution in [1.82, 2.24) is 5.32 Å². The zero-order valence-electron chi connectivity index (χ0n) is 11.9. The van der Waals surface area contributed by atoms with Gasteiger partial charge in [-0.1, -0.05) is 12.1 Å². The minimum absolute atomic E-state index is 0.0945. The normalized spacial score (nSPS) is 14.1. The highest BCUT2D eigenvalue weighted by molar-refractivity contribution is 5.84. The molecule has 0 saturated heterocycles. The highest BCUT2D eigenvalue weighted by Gasteiger charge is 2.23. The summed E-state index contributed by atoms with van der Waals surface area (Å²) in [7, 11) is 0. The predicted molar refractivity (Wildman–Crippen MR) is 74.3 cm³/mol. The second kappa shape index (κ2) is 9.56. The number of carbonyl (C=O) groups is 2. The molecule has 0 aromatic carbocycles. The summed E-state index contributed by atoms with van der Waals surface area (Å²) in [6, 6.07) is -2.36. The number of amides is 1. The standard InChI is InChI=1S/C12H19N3O6/c1-3-9(8(2)15(20)21)7-10(14-19)12(18)13-6-4-5-11(16)17/h7-8,10H,3-6H2,1-2H3,(H,13,18)(H,16,17). The molecule has 9 heteroatoms. The lowest BCUT2D eigenvalue weighted by atomic mass is 10.0. The van der Waals surface area contributed by atoms with Crippen LogP contribution in [0.5, 0.6) is 0 Å². The van der Waals surface area contributed by atoms with E-state index in [9.17, 15) is 24.6 Å². The van der Waals surface area contributed by atoms with E-state index >= 15 is 0 Å². The Hall–Kier alpha value is -2.32. The Labute approximate surface area is 121 Å². The number of nitroso groups, excluding NO2 is 1. The van der Waals surface area contributed by atoms with Crippen molar-refractivity contribution < 1.29 is 19.6 Å². The molecular formula is C12H19N3O6. The van der Waals surface area contributed by atoms with Crippen LogP contribution in [0.2, 0.25) is 0 Å². The molecule has 2 atom stereocenters. The van der Waals surface area contributed by atoms with E-state index < -0.39 is 28.9 Å². The molecule has 118 valence electrons. The topological polar surface area (TPSA) is 139 Å². The number of carbonyl (C=O) groups excluding carboxylic acids is 1. The Balaban J connectivity index is 4.67. The minimum Gasteiger partial charge on any atom is -0.481 e. The second-order valence-electron chi connectivity index (χ2n) is 4.40. The predicted octanol–water partition coefficient (Wildman–Crippen LogP) is 1.10. The van der Waals surface area contributed by atoms with Gasteiger partial charge in [-0.2, -0.15) is 0 Å². The fourth-order valence-electron chi connectivity index (χ4n) is 1.60. The van der Waals surface area contributed by atoms with Gasteiger partial charge in [-0.3, -0.25) is 19.7 Å². The summed E-state index contributed by atoms with van der Waals surface area (Å²) in [5.41, 5.74) is 0.338. The second-order valence-corrected chi connectivity index (χ2v) is 4.40. The van der Waals surface area contributed by atoms with E-state index in [1.165, 1.54) is 13.0 Å². The molecule has 0 aromatic heterocycles. The van der Waals surface area contributed by atoms with E-state index in [1.807, 2.05) is 0 Å². The van der Waals surface area contributed by atoms with Gasteiger partial charge in [0.05, 0.1) is 0 Å². The van der Waals surface area contributed by atoms with Crippen molar-refractivity contribution in [1.29, 1.82) is 0 Å². The maximum absolute atomic E-state index is 11.7.